The van der Waals surface area contributed by atoms with Crippen molar-refractivity contribution in [3.05, 3.63) is 54.6 Å². The number of benzene rings is 3. The molecular formula is C36H48N6O9. The van der Waals surface area contributed by atoms with Gasteiger partial charge in [-0.1, -0.05) is 0 Å². The minimum atomic E-state index is 0.254. The monoisotopic (exact) mass is 708 g/mol. The molecule has 0 unspecified atom stereocenters. The Morgan fingerprint density at radius 1 is 0.412 bits per heavy atom. The summed E-state index contributed by atoms with van der Waals surface area (Å²) < 4.78 is 50.5. The van der Waals surface area contributed by atoms with E-state index in [0.717, 1.165) is 0 Å². The van der Waals surface area contributed by atoms with Crippen molar-refractivity contribution in [2.24, 2.45) is 0 Å². The molecule has 3 aromatic carbocycles. The molecule has 0 amide bonds. The van der Waals surface area contributed by atoms with Crippen LogP contribution in [0.15, 0.2) is 54.6 Å². The third-order valence-corrected chi connectivity index (χ3v) is 6.96. The van der Waals surface area contributed by atoms with Gasteiger partial charge in [-0.2, -0.15) is 15.0 Å². The Balaban J connectivity index is 1.64. The van der Waals surface area contributed by atoms with E-state index in [1.54, 1.807) is 57.7 Å². The van der Waals surface area contributed by atoms with E-state index in [-0.39, 0.29) is 17.8 Å². The standard InChI is InChI=1S/C36H48N6O9/c1-7-46-16-19-49-31-22-25(10-13-28(31)43-4)37-34-40-35(38-26-11-14-29(44-5)32(23-26)50-20-17-47-8-2)42-36(41-34)39-27-12-15-30(45-6)33(24-27)51-21-18-48-9-3/h10-15,22-24H,7-9,16-21H2,1-6H3,(H3,37,38,39,40,41,42). The summed E-state index contributed by atoms with van der Waals surface area (Å²) in [6.07, 6.45) is 0. The van der Waals surface area contributed by atoms with Crippen LogP contribution in [0.1, 0.15) is 20.8 Å². The maximum Gasteiger partial charge on any atom is 0.233 e. The van der Waals surface area contributed by atoms with Crippen molar-refractivity contribution < 1.29 is 42.6 Å². The number of anilines is 6. The lowest BCUT2D eigenvalue weighted by Crippen LogP contribution is -2.09. The van der Waals surface area contributed by atoms with E-state index < -0.39 is 0 Å². The first-order valence-electron chi connectivity index (χ1n) is 16.7. The fourth-order valence-electron chi connectivity index (χ4n) is 4.60. The van der Waals surface area contributed by atoms with Gasteiger partial charge in [-0.3, -0.25) is 0 Å². The van der Waals surface area contributed by atoms with Gasteiger partial charge in [0.1, 0.15) is 19.8 Å². The van der Waals surface area contributed by atoms with Crippen LogP contribution in [0.5, 0.6) is 34.5 Å². The van der Waals surface area contributed by atoms with Crippen molar-refractivity contribution in [3.63, 3.8) is 0 Å². The molecule has 0 radical (unpaired) electrons. The van der Waals surface area contributed by atoms with E-state index >= 15 is 0 Å². The van der Waals surface area contributed by atoms with Gasteiger partial charge < -0.3 is 58.6 Å². The van der Waals surface area contributed by atoms with Crippen LogP contribution in [0.2, 0.25) is 0 Å². The Morgan fingerprint density at radius 3 is 0.961 bits per heavy atom. The maximum absolute atomic E-state index is 5.93. The lowest BCUT2D eigenvalue weighted by atomic mass is 10.2. The predicted octanol–water partition coefficient (Wildman–Crippen LogP) is 6.37. The van der Waals surface area contributed by atoms with Crippen LogP contribution < -0.4 is 44.4 Å². The van der Waals surface area contributed by atoms with Gasteiger partial charge in [-0.15, -0.1) is 0 Å². The zero-order valence-corrected chi connectivity index (χ0v) is 30.1. The smallest absolute Gasteiger partial charge is 0.233 e. The Kier molecular flexibility index (Phi) is 15.9. The second-order valence-electron chi connectivity index (χ2n) is 10.4. The third kappa shape index (κ3) is 12.2. The Bertz CT molecular complexity index is 1440. The number of aromatic nitrogens is 3. The summed E-state index contributed by atoms with van der Waals surface area (Å²) in [5.41, 5.74) is 1.98. The van der Waals surface area contributed by atoms with Gasteiger partial charge in [0.2, 0.25) is 17.8 Å². The molecule has 15 nitrogen and oxygen atoms in total. The van der Waals surface area contributed by atoms with Crippen molar-refractivity contribution in [2.45, 2.75) is 20.8 Å². The first-order chi connectivity index (χ1) is 25.0. The van der Waals surface area contributed by atoms with E-state index in [1.807, 2.05) is 39.0 Å². The highest BCUT2D eigenvalue weighted by Crippen LogP contribution is 2.34. The van der Waals surface area contributed by atoms with Gasteiger partial charge in [-0.25, -0.2) is 0 Å². The molecule has 0 saturated heterocycles. The van der Waals surface area contributed by atoms with Gasteiger partial charge in [0, 0.05) is 55.1 Å². The number of hydrogen-bond donors (Lipinski definition) is 3. The third-order valence-electron chi connectivity index (χ3n) is 6.96. The summed E-state index contributed by atoms with van der Waals surface area (Å²) in [5.74, 6) is 4.12. The minimum absolute atomic E-state index is 0.254. The molecule has 276 valence electrons. The number of rotatable bonds is 24. The molecule has 0 spiro atoms. The van der Waals surface area contributed by atoms with Gasteiger partial charge >= 0.3 is 0 Å². The molecule has 1 aromatic heterocycles. The highest BCUT2D eigenvalue weighted by atomic mass is 16.6. The molecule has 4 rings (SSSR count). The van der Waals surface area contributed by atoms with E-state index in [0.29, 0.717) is 111 Å². The van der Waals surface area contributed by atoms with Crippen molar-refractivity contribution in [1.82, 2.24) is 15.0 Å². The van der Waals surface area contributed by atoms with E-state index in [2.05, 4.69) is 30.9 Å². The molecule has 15 heteroatoms. The number of ether oxygens (including phenoxy) is 9. The summed E-state index contributed by atoms with van der Waals surface area (Å²) in [7, 11) is 4.76. The van der Waals surface area contributed by atoms with E-state index in [9.17, 15) is 0 Å². The molecule has 51 heavy (non-hydrogen) atoms. The zero-order chi connectivity index (χ0) is 36.3. The lowest BCUT2D eigenvalue weighted by molar-refractivity contribution is 0.109. The van der Waals surface area contributed by atoms with Gasteiger partial charge in [-0.05, 0) is 57.2 Å². The minimum Gasteiger partial charge on any atom is -0.493 e. The first kappa shape index (κ1) is 38.6. The average molecular weight is 709 g/mol. The second-order valence-corrected chi connectivity index (χ2v) is 10.4. The SMILES string of the molecule is CCOCCOc1cc(Nc2nc(Nc3ccc(OC)c(OCCOCC)c3)nc(Nc3ccc(OC)c(OCCOCC)c3)n2)ccc1OC. The second kappa shape index (κ2) is 21.1. The predicted molar refractivity (Wildman–Crippen MR) is 195 cm³/mol. The van der Waals surface area contributed by atoms with Gasteiger partial charge in [0.25, 0.3) is 0 Å². The number of nitrogens with zero attached hydrogens (tertiary/aromatic N) is 3. The molecular weight excluding hydrogens is 660 g/mol. The van der Waals surface area contributed by atoms with E-state index in [1.165, 1.54) is 0 Å². The topological polar surface area (TPSA) is 158 Å². The first-order valence-corrected chi connectivity index (χ1v) is 16.7. The number of hydrogen-bond acceptors (Lipinski definition) is 15. The molecule has 3 N–H and O–H groups in total. The van der Waals surface area contributed by atoms with Crippen LogP contribution in [-0.2, 0) is 14.2 Å². The van der Waals surface area contributed by atoms with E-state index in [4.69, 9.17) is 42.6 Å². The largest absolute Gasteiger partial charge is 0.493 e. The van der Waals surface area contributed by atoms with Crippen LogP contribution in [0, 0.1) is 0 Å². The highest BCUT2D eigenvalue weighted by molar-refractivity contribution is 5.66. The van der Waals surface area contributed by atoms with Crippen LogP contribution in [0.4, 0.5) is 34.9 Å². The molecule has 0 bridgehead atoms. The average Bonchev–Trinajstić information content (AvgIpc) is 3.14. The molecule has 0 aliphatic carbocycles. The van der Waals surface area contributed by atoms with Gasteiger partial charge in [0.15, 0.2) is 34.5 Å². The Hall–Kier alpha value is -5.25. The molecule has 4 aromatic rings. The summed E-state index contributed by atoms with van der Waals surface area (Å²) >= 11 is 0. The molecule has 0 aliphatic heterocycles. The summed E-state index contributed by atoms with van der Waals surface area (Å²) in [6, 6.07) is 16.3. The molecule has 0 saturated carbocycles. The van der Waals surface area contributed by atoms with Gasteiger partial charge in [0.05, 0.1) is 41.2 Å². The maximum atomic E-state index is 5.93. The Labute approximate surface area is 298 Å². The van der Waals surface area contributed by atoms with Crippen LogP contribution in [0.3, 0.4) is 0 Å². The normalized spacial score (nSPS) is 10.7. The number of nitrogens with one attached hydrogen (secondary N) is 3. The van der Waals surface area contributed by atoms with Crippen molar-refractivity contribution in [2.75, 3.05) is 96.7 Å². The summed E-state index contributed by atoms with van der Waals surface area (Å²) in [4.78, 5) is 14.0. The molecule has 1 heterocycles. The molecule has 0 atom stereocenters. The highest BCUT2D eigenvalue weighted by Gasteiger charge is 2.14. The quantitative estimate of drug-likeness (QED) is 0.0689. The van der Waals surface area contributed by atoms with Crippen molar-refractivity contribution >= 4 is 34.9 Å². The Morgan fingerprint density at radius 2 is 0.706 bits per heavy atom. The van der Waals surface area contributed by atoms with Crippen molar-refractivity contribution in [3.8, 4) is 34.5 Å². The summed E-state index contributed by atoms with van der Waals surface area (Å²) in [6.45, 7) is 10.0. The fraction of sp³-hybridized carbons (Fsp3) is 0.417. The van der Waals surface area contributed by atoms with Crippen LogP contribution in [-0.4, -0.2) is 95.7 Å². The van der Waals surface area contributed by atoms with Crippen molar-refractivity contribution in [1.29, 1.82) is 0 Å². The molecule has 0 fully saturated rings. The van der Waals surface area contributed by atoms with Crippen LogP contribution in [0.25, 0.3) is 0 Å². The molecule has 0 aliphatic rings. The fourth-order valence-corrected chi connectivity index (χ4v) is 4.60. The lowest BCUT2D eigenvalue weighted by Gasteiger charge is -2.16. The zero-order valence-electron chi connectivity index (χ0n) is 30.1. The van der Waals surface area contributed by atoms with Crippen LogP contribution >= 0.6 is 0 Å². The number of methoxy groups -OCH3 is 3. The summed E-state index contributed by atoms with van der Waals surface area (Å²) in [5, 5.41) is 9.79.